The van der Waals surface area contributed by atoms with Crippen LogP contribution in [-0.4, -0.2) is 29.0 Å². The van der Waals surface area contributed by atoms with Gasteiger partial charge >= 0.3 is 0 Å². The molecule has 1 N–H and O–H groups in total. The molecule has 6 heteroatoms. The van der Waals surface area contributed by atoms with Crippen LogP contribution in [0.25, 0.3) is 11.3 Å². The summed E-state index contributed by atoms with van der Waals surface area (Å²) < 4.78 is 5.22. The van der Waals surface area contributed by atoms with Crippen molar-refractivity contribution in [3.8, 4) is 11.3 Å². The third-order valence-electron chi connectivity index (χ3n) is 4.32. The molecule has 2 aromatic heterocycles. The zero-order valence-electron chi connectivity index (χ0n) is 13.6. The summed E-state index contributed by atoms with van der Waals surface area (Å²) in [5.74, 6) is 1.63. The Morgan fingerprint density at radius 2 is 2.00 bits per heavy atom. The standard InChI is InChI=1S/C19H18N4O2/c24-19(20-10-16-7-4-8-25-16)15-11-23(12-15)18-9-17(21-13-22-18)14-5-2-1-3-6-14/h1-9,13,15H,10-12H2,(H,20,24). The topological polar surface area (TPSA) is 71.3 Å². The first kappa shape index (κ1) is 15.4. The number of amides is 1. The molecular formula is C19H18N4O2. The predicted molar refractivity (Wildman–Crippen MR) is 93.7 cm³/mol. The maximum atomic E-state index is 12.2. The Labute approximate surface area is 145 Å². The highest BCUT2D eigenvalue weighted by Gasteiger charge is 2.33. The second kappa shape index (κ2) is 6.76. The summed E-state index contributed by atoms with van der Waals surface area (Å²) in [6.07, 6.45) is 3.17. The van der Waals surface area contributed by atoms with E-state index < -0.39 is 0 Å². The fourth-order valence-corrected chi connectivity index (χ4v) is 2.85. The molecule has 3 aromatic rings. The second-order valence-corrected chi connectivity index (χ2v) is 6.03. The number of carbonyl (C=O) groups is 1. The Bertz CT molecular complexity index is 843. The Morgan fingerprint density at radius 3 is 2.76 bits per heavy atom. The van der Waals surface area contributed by atoms with Crippen LogP contribution in [0.3, 0.4) is 0 Å². The van der Waals surface area contributed by atoms with Crippen LogP contribution in [0.2, 0.25) is 0 Å². The third-order valence-corrected chi connectivity index (χ3v) is 4.32. The van der Waals surface area contributed by atoms with E-state index in [2.05, 4.69) is 20.2 Å². The molecular weight excluding hydrogens is 316 g/mol. The van der Waals surface area contributed by atoms with Gasteiger partial charge in [-0.2, -0.15) is 0 Å². The van der Waals surface area contributed by atoms with Gasteiger partial charge in [-0.25, -0.2) is 9.97 Å². The van der Waals surface area contributed by atoms with Crippen molar-refractivity contribution in [3.05, 3.63) is 66.9 Å². The molecule has 0 radical (unpaired) electrons. The van der Waals surface area contributed by atoms with Gasteiger partial charge in [0.15, 0.2) is 0 Å². The molecule has 0 saturated carbocycles. The largest absolute Gasteiger partial charge is 0.467 e. The number of rotatable bonds is 5. The predicted octanol–water partition coefficient (Wildman–Crippen LogP) is 2.49. The van der Waals surface area contributed by atoms with Gasteiger partial charge in [0.05, 0.1) is 24.4 Å². The summed E-state index contributed by atoms with van der Waals surface area (Å²) in [5.41, 5.74) is 1.94. The lowest BCUT2D eigenvalue weighted by molar-refractivity contribution is -0.126. The zero-order valence-corrected chi connectivity index (χ0v) is 13.6. The number of nitrogens with zero attached hydrogens (tertiary/aromatic N) is 3. The van der Waals surface area contributed by atoms with E-state index in [0.29, 0.717) is 19.6 Å². The van der Waals surface area contributed by atoms with Gasteiger partial charge in [0.2, 0.25) is 5.91 Å². The van der Waals surface area contributed by atoms with E-state index in [9.17, 15) is 4.79 Å². The minimum Gasteiger partial charge on any atom is -0.467 e. The Kier molecular flexibility index (Phi) is 4.16. The van der Waals surface area contributed by atoms with Crippen molar-refractivity contribution in [3.63, 3.8) is 0 Å². The lowest BCUT2D eigenvalue weighted by atomic mass is 9.99. The molecule has 1 amide bonds. The monoisotopic (exact) mass is 334 g/mol. The first-order valence-corrected chi connectivity index (χ1v) is 8.22. The molecule has 1 aliphatic heterocycles. The molecule has 1 fully saturated rings. The van der Waals surface area contributed by atoms with Crippen LogP contribution in [0.15, 0.2) is 65.5 Å². The minimum atomic E-state index is -0.0231. The normalized spacial score (nSPS) is 14.2. The number of aromatic nitrogens is 2. The Balaban J connectivity index is 1.35. The molecule has 1 saturated heterocycles. The summed E-state index contributed by atoms with van der Waals surface area (Å²) in [4.78, 5) is 22.9. The van der Waals surface area contributed by atoms with Gasteiger partial charge in [-0.3, -0.25) is 4.79 Å². The smallest absolute Gasteiger partial charge is 0.227 e. The highest BCUT2D eigenvalue weighted by molar-refractivity contribution is 5.81. The van der Waals surface area contributed by atoms with Gasteiger partial charge in [0.1, 0.15) is 17.9 Å². The minimum absolute atomic E-state index is 0.0231. The van der Waals surface area contributed by atoms with E-state index in [1.807, 2.05) is 48.5 Å². The van der Waals surface area contributed by atoms with Crippen LogP contribution in [0.4, 0.5) is 5.82 Å². The summed E-state index contributed by atoms with van der Waals surface area (Å²) in [6, 6.07) is 15.6. The average Bonchev–Trinajstić information content (AvgIpc) is 3.13. The van der Waals surface area contributed by atoms with Crippen molar-refractivity contribution < 1.29 is 9.21 Å². The summed E-state index contributed by atoms with van der Waals surface area (Å²) in [6.45, 7) is 1.75. The van der Waals surface area contributed by atoms with Crippen molar-refractivity contribution >= 4 is 11.7 Å². The van der Waals surface area contributed by atoms with Crippen LogP contribution in [-0.2, 0) is 11.3 Å². The zero-order chi connectivity index (χ0) is 17.1. The lowest BCUT2D eigenvalue weighted by Gasteiger charge is -2.39. The molecule has 126 valence electrons. The number of benzene rings is 1. The van der Waals surface area contributed by atoms with Gasteiger partial charge in [0, 0.05) is 24.7 Å². The summed E-state index contributed by atoms with van der Waals surface area (Å²) in [7, 11) is 0. The molecule has 6 nitrogen and oxygen atoms in total. The molecule has 0 bridgehead atoms. The van der Waals surface area contributed by atoms with Crippen LogP contribution >= 0.6 is 0 Å². The molecule has 0 spiro atoms. The van der Waals surface area contributed by atoms with Gasteiger partial charge in [-0.1, -0.05) is 30.3 Å². The molecule has 1 aromatic carbocycles. The molecule has 25 heavy (non-hydrogen) atoms. The van der Waals surface area contributed by atoms with Gasteiger partial charge < -0.3 is 14.6 Å². The lowest BCUT2D eigenvalue weighted by Crippen LogP contribution is -2.54. The molecule has 0 aliphatic carbocycles. The number of carbonyl (C=O) groups excluding carboxylic acids is 1. The van der Waals surface area contributed by atoms with Crippen LogP contribution in [0, 0.1) is 5.92 Å². The fraction of sp³-hybridized carbons (Fsp3) is 0.211. The van der Waals surface area contributed by atoms with Crippen molar-refractivity contribution in [1.29, 1.82) is 0 Å². The second-order valence-electron chi connectivity index (χ2n) is 6.03. The van der Waals surface area contributed by atoms with E-state index in [1.165, 1.54) is 0 Å². The van der Waals surface area contributed by atoms with E-state index in [0.717, 1.165) is 22.8 Å². The number of hydrogen-bond acceptors (Lipinski definition) is 5. The quantitative estimate of drug-likeness (QED) is 0.776. The highest BCUT2D eigenvalue weighted by Crippen LogP contribution is 2.26. The van der Waals surface area contributed by atoms with Gasteiger partial charge in [-0.15, -0.1) is 0 Å². The van der Waals surface area contributed by atoms with Crippen LogP contribution < -0.4 is 10.2 Å². The number of hydrogen-bond donors (Lipinski definition) is 1. The van der Waals surface area contributed by atoms with Crippen molar-refractivity contribution in [1.82, 2.24) is 15.3 Å². The number of nitrogens with one attached hydrogen (secondary N) is 1. The molecule has 0 atom stereocenters. The fourth-order valence-electron chi connectivity index (χ4n) is 2.85. The first-order chi connectivity index (χ1) is 12.3. The number of furan rings is 1. The maximum Gasteiger partial charge on any atom is 0.227 e. The van der Waals surface area contributed by atoms with E-state index in [1.54, 1.807) is 12.6 Å². The molecule has 1 aliphatic rings. The van der Waals surface area contributed by atoms with Crippen molar-refractivity contribution in [2.45, 2.75) is 6.54 Å². The third kappa shape index (κ3) is 3.38. The SMILES string of the molecule is O=C(NCc1ccco1)C1CN(c2cc(-c3ccccc3)ncn2)C1. The summed E-state index contributed by atoms with van der Waals surface area (Å²) in [5, 5.41) is 2.90. The van der Waals surface area contributed by atoms with E-state index in [-0.39, 0.29) is 11.8 Å². The number of anilines is 1. The Hall–Kier alpha value is -3.15. The Morgan fingerprint density at radius 1 is 1.16 bits per heavy atom. The highest BCUT2D eigenvalue weighted by atomic mass is 16.3. The van der Waals surface area contributed by atoms with Crippen molar-refractivity contribution in [2.24, 2.45) is 5.92 Å². The van der Waals surface area contributed by atoms with Crippen LogP contribution in [0.5, 0.6) is 0 Å². The molecule has 0 unspecified atom stereocenters. The summed E-state index contributed by atoms with van der Waals surface area (Å²) >= 11 is 0. The van der Waals surface area contributed by atoms with Gasteiger partial charge in [-0.05, 0) is 12.1 Å². The van der Waals surface area contributed by atoms with E-state index in [4.69, 9.17) is 4.42 Å². The average molecular weight is 334 g/mol. The molecule has 3 heterocycles. The maximum absolute atomic E-state index is 12.2. The molecule has 4 rings (SSSR count). The van der Waals surface area contributed by atoms with E-state index >= 15 is 0 Å². The van der Waals surface area contributed by atoms with Crippen LogP contribution in [0.1, 0.15) is 5.76 Å². The first-order valence-electron chi connectivity index (χ1n) is 8.22. The van der Waals surface area contributed by atoms with Gasteiger partial charge in [0.25, 0.3) is 0 Å². The van der Waals surface area contributed by atoms with Crippen molar-refractivity contribution in [2.75, 3.05) is 18.0 Å².